The Balaban J connectivity index is 1.57. The Hall–Kier alpha value is -1.80. The van der Waals surface area contributed by atoms with E-state index >= 15 is 0 Å². The maximum absolute atomic E-state index is 6.49. The van der Waals surface area contributed by atoms with E-state index in [4.69, 9.17) is 10.5 Å². The Morgan fingerprint density at radius 1 is 0.952 bits per heavy atom. The number of aryl methyl sites for hydroxylation is 2. The van der Waals surface area contributed by atoms with Crippen LogP contribution in [0.25, 0.3) is 0 Å². The highest BCUT2D eigenvalue weighted by Gasteiger charge is 2.29. The number of rotatable bonds is 2. The molecule has 0 amide bonds. The molecular formula is C19H21NO. The lowest BCUT2D eigenvalue weighted by Crippen LogP contribution is -2.30. The zero-order valence-electron chi connectivity index (χ0n) is 12.2. The van der Waals surface area contributed by atoms with Crippen LogP contribution in [0.3, 0.4) is 0 Å². The summed E-state index contributed by atoms with van der Waals surface area (Å²) in [6.45, 7) is 0. The van der Waals surface area contributed by atoms with Crippen LogP contribution < -0.4 is 10.5 Å². The zero-order valence-corrected chi connectivity index (χ0v) is 12.2. The second kappa shape index (κ2) is 5.19. The Labute approximate surface area is 125 Å². The van der Waals surface area contributed by atoms with Crippen LogP contribution in [0.1, 0.15) is 41.1 Å². The molecule has 1 aliphatic carbocycles. The molecule has 2 unspecified atom stereocenters. The van der Waals surface area contributed by atoms with Gasteiger partial charge in [0.25, 0.3) is 0 Å². The molecule has 1 heterocycles. The monoisotopic (exact) mass is 279 g/mol. The van der Waals surface area contributed by atoms with E-state index in [1.54, 1.807) is 0 Å². The second-order valence-electron chi connectivity index (χ2n) is 6.23. The summed E-state index contributed by atoms with van der Waals surface area (Å²) in [5.41, 5.74) is 12.0. The number of benzene rings is 2. The van der Waals surface area contributed by atoms with E-state index in [1.807, 2.05) is 12.1 Å². The lowest BCUT2D eigenvalue weighted by Gasteiger charge is -2.22. The van der Waals surface area contributed by atoms with Crippen LogP contribution in [0, 0.1) is 0 Å². The fourth-order valence-electron chi connectivity index (χ4n) is 3.58. The van der Waals surface area contributed by atoms with Gasteiger partial charge in [-0.2, -0.15) is 0 Å². The van der Waals surface area contributed by atoms with Crippen molar-refractivity contribution in [3.05, 3.63) is 64.7 Å². The summed E-state index contributed by atoms with van der Waals surface area (Å²) < 4.78 is 6.04. The van der Waals surface area contributed by atoms with Crippen LogP contribution in [0.15, 0.2) is 42.5 Å². The van der Waals surface area contributed by atoms with Crippen molar-refractivity contribution in [1.82, 2.24) is 0 Å². The van der Waals surface area contributed by atoms with Crippen molar-refractivity contribution >= 4 is 0 Å². The summed E-state index contributed by atoms with van der Waals surface area (Å²) in [5.74, 6) is 0.996. The number of ether oxygens (including phenoxy) is 1. The van der Waals surface area contributed by atoms with Gasteiger partial charge < -0.3 is 10.5 Å². The van der Waals surface area contributed by atoms with Crippen LogP contribution >= 0.6 is 0 Å². The summed E-state index contributed by atoms with van der Waals surface area (Å²) in [7, 11) is 0. The van der Waals surface area contributed by atoms with Crippen molar-refractivity contribution in [2.24, 2.45) is 5.73 Å². The van der Waals surface area contributed by atoms with Crippen LogP contribution in [-0.4, -0.2) is 6.10 Å². The van der Waals surface area contributed by atoms with E-state index < -0.39 is 0 Å². The zero-order chi connectivity index (χ0) is 14.2. The predicted molar refractivity (Wildman–Crippen MR) is 84.6 cm³/mol. The van der Waals surface area contributed by atoms with Crippen LogP contribution in [0.5, 0.6) is 5.75 Å². The second-order valence-corrected chi connectivity index (χ2v) is 6.23. The minimum absolute atomic E-state index is 0.0513. The minimum Gasteiger partial charge on any atom is -0.488 e. The molecule has 0 fully saturated rings. The molecule has 0 spiro atoms. The average molecular weight is 279 g/mol. The molecule has 2 heteroatoms. The summed E-state index contributed by atoms with van der Waals surface area (Å²) in [5, 5.41) is 0. The van der Waals surface area contributed by atoms with Gasteiger partial charge in [0.05, 0.1) is 6.04 Å². The van der Waals surface area contributed by atoms with Gasteiger partial charge in [-0.3, -0.25) is 0 Å². The van der Waals surface area contributed by atoms with E-state index in [2.05, 4.69) is 30.3 Å². The van der Waals surface area contributed by atoms with Crippen LogP contribution in [-0.2, 0) is 19.3 Å². The smallest absolute Gasteiger partial charge is 0.123 e. The highest BCUT2D eigenvalue weighted by Crippen LogP contribution is 2.34. The fraction of sp³-hybridized carbons (Fsp3) is 0.368. The third-order valence-electron chi connectivity index (χ3n) is 4.83. The molecule has 0 saturated carbocycles. The molecule has 2 aliphatic rings. The minimum atomic E-state index is -0.0513. The topological polar surface area (TPSA) is 35.2 Å². The van der Waals surface area contributed by atoms with Gasteiger partial charge >= 0.3 is 0 Å². The van der Waals surface area contributed by atoms with Crippen molar-refractivity contribution < 1.29 is 4.74 Å². The molecule has 0 aromatic heterocycles. The summed E-state index contributed by atoms with van der Waals surface area (Å²) in [4.78, 5) is 0. The molecule has 0 radical (unpaired) electrons. The number of fused-ring (bicyclic) bond motifs is 2. The van der Waals surface area contributed by atoms with Gasteiger partial charge in [0, 0.05) is 6.42 Å². The molecule has 2 atom stereocenters. The van der Waals surface area contributed by atoms with Gasteiger partial charge in [0.15, 0.2) is 0 Å². The van der Waals surface area contributed by atoms with Crippen molar-refractivity contribution in [2.75, 3.05) is 0 Å². The number of hydrogen-bond acceptors (Lipinski definition) is 2. The Kier molecular flexibility index (Phi) is 3.19. The highest BCUT2D eigenvalue weighted by molar-refractivity contribution is 5.40. The summed E-state index contributed by atoms with van der Waals surface area (Å²) in [6.07, 6.45) is 6.01. The Morgan fingerprint density at radius 3 is 2.62 bits per heavy atom. The molecule has 21 heavy (non-hydrogen) atoms. The lowest BCUT2D eigenvalue weighted by molar-refractivity contribution is 0.199. The SMILES string of the molecule is NC(c1ccc2c(c1)CCCC2)C1Cc2ccccc2O1. The quantitative estimate of drug-likeness (QED) is 0.912. The Morgan fingerprint density at radius 2 is 1.76 bits per heavy atom. The third-order valence-corrected chi connectivity index (χ3v) is 4.83. The number of hydrogen-bond donors (Lipinski definition) is 1. The van der Waals surface area contributed by atoms with Crippen molar-refractivity contribution in [3.8, 4) is 5.75 Å². The summed E-state index contributed by atoms with van der Waals surface area (Å²) in [6, 6.07) is 15.0. The van der Waals surface area contributed by atoms with Crippen LogP contribution in [0.2, 0.25) is 0 Å². The first-order chi connectivity index (χ1) is 10.3. The molecular weight excluding hydrogens is 258 g/mol. The maximum atomic E-state index is 6.49. The van der Waals surface area contributed by atoms with Crippen LogP contribution in [0.4, 0.5) is 0 Å². The molecule has 4 rings (SSSR count). The van der Waals surface area contributed by atoms with Crippen molar-refractivity contribution in [2.45, 2.75) is 44.2 Å². The van der Waals surface area contributed by atoms with Gasteiger partial charge in [-0.15, -0.1) is 0 Å². The predicted octanol–water partition coefficient (Wildman–Crippen LogP) is 3.57. The van der Waals surface area contributed by atoms with E-state index in [1.165, 1.54) is 47.9 Å². The molecule has 2 nitrogen and oxygen atoms in total. The van der Waals surface area contributed by atoms with E-state index in [0.29, 0.717) is 0 Å². The molecule has 0 saturated heterocycles. The molecule has 108 valence electrons. The van der Waals surface area contributed by atoms with Gasteiger partial charge in [-0.25, -0.2) is 0 Å². The average Bonchev–Trinajstić information content (AvgIpc) is 2.97. The van der Waals surface area contributed by atoms with E-state index in [-0.39, 0.29) is 12.1 Å². The van der Waals surface area contributed by atoms with Crippen molar-refractivity contribution in [3.63, 3.8) is 0 Å². The first kappa shape index (κ1) is 12.9. The largest absolute Gasteiger partial charge is 0.488 e. The standard InChI is InChI=1S/C19H21NO/c20-19(18-12-15-7-3-4-8-17(15)21-18)16-10-9-13-5-1-2-6-14(13)11-16/h3-4,7-11,18-19H,1-2,5-6,12,20H2. The first-order valence-corrected chi connectivity index (χ1v) is 7.93. The van der Waals surface area contributed by atoms with Crippen molar-refractivity contribution in [1.29, 1.82) is 0 Å². The summed E-state index contributed by atoms with van der Waals surface area (Å²) >= 11 is 0. The molecule has 2 N–H and O–H groups in total. The third kappa shape index (κ3) is 2.34. The number of nitrogens with two attached hydrogens (primary N) is 1. The molecule has 0 bridgehead atoms. The van der Waals surface area contributed by atoms with Gasteiger partial charge in [0.1, 0.15) is 11.9 Å². The Bertz CT molecular complexity index is 639. The maximum Gasteiger partial charge on any atom is 0.123 e. The molecule has 1 aliphatic heterocycles. The first-order valence-electron chi connectivity index (χ1n) is 7.93. The molecule has 2 aromatic rings. The van der Waals surface area contributed by atoms with Gasteiger partial charge in [-0.05, 0) is 54.0 Å². The normalized spacial score (nSPS) is 21.3. The van der Waals surface area contributed by atoms with Gasteiger partial charge in [0.2, 0.25) is 0 Å². The van der Waals surface area contributed by atoms with Gasteiger partial charge in [-0.1, -0.05) is 36.4 Å². The fourth-order valence-corrected chi connectivity index (χ4v) is 3.58. The lowest BCUT2D eigenvalue weighted by atomic mass is 9.88. The molecule has 2 aromatic carbocycles. The number of para-hydroxylation sites is 1. The van der Waals surface area contributed by atoms with E-state index in [9.17, 15) is 0 Å². The van der Waals surface area contributed by atoms with E-state index in [0.717, 1.165) is 12.2 Å². The highest BCUT2D eigenvalue weighted by atomic mass is 16.5.